The van der Waals surface area contributed by atoms with Gasteiger partial charge in [0.25, 0.3) is 5.56 Å². The molecule has 5 heteroatoms. The Morgan fingerprint density at radius 1 is 1.35 bits per heavy atom. The minimum Gasteiger partial charge on any atom is -0.310 e. The summed E-state index contributed by atoms with van der Waals surface area (Å²) in [6.07, 6.45) is 7.61. The molecule has 0 aromatic carbocycles. The summed E-state index contributed by atoms with van der Waals surface area (Å²) < 4.78 is 1.66. The van der Waals surface area contributed by atoms with Crippen LogP contribution < -0.4 is 5.56 Å². The summed E-state index contributed by atoms with van der Waals surface area (Å²) in [7, 11) is 1.82. The number of hydrogen-bond donors (Lipinski definition) is 1. The summed E-state index contributed by atoms with van der Waals surface area (Å²) in [5, 5.41) is 4.65. The number of nitrogens with one attached hydrogen (secondary N) is 1. The molecule has 0 aliphatic heterocycles. The van der Waals surface area contributed by atoms with Crippen LogP contribution >= 0.6 is 0 Å². The second-order valence-corrected chi connectivity index (χ2v) is 4.79. The van der Waals surface area contributed by atoms with E-state index < -0.39 is 0 Å². The monoisotopic (exact) mass is 232 g/mol. The van der Waals surface area contributed by atoms with Gasteiger partial charge in [0.05, 0.1) is 6.20 Å². The highest BCUT2D eigenvalue weighted by molar-refractivity contribution is 5.72. The molecule has 1 saturated carbocycles. The molecule has 1 aliphatic carbocycles. The third-order valence-corrected chi connectivity index (χ3v) is 3.61. The molecule has 1 N–H and O–H groups in total. The van der Waals surface area contributed by atoms with Crippen LogP contribution in [-0.2, 0) is 7.05 Å². The van der Waals surface area contributed by atoms with Gasteiger partial charge in [-0.15, -0.1) is 0 Å². The van der Waals surface area contributed by atoms with E-state index >= 15 is 0 Å². The lowest BCUT2D eigenvalue weighted by molar-refractivity contribution is 0.428. The van der Waals surface area contributed by atoms with Crippen molar-refractivity contribution in [2.75, 3.05) is 0 Å². The highest BCUT2D eigenvalue weighted by atomic mass is 16.1. The number of aromatic amines is 1. The molecular weight excluding hydrogens is 216 g/mol. The predicted octanol–water partition coefficient (Wildman–Crippen LogP) is 1.70. The molecule has 2 aromatic heterocycles. The molecule has 0 saturated heterocycles. The van der Waals surface area contributed by atoms with Gasteiger partial charge < -0.3 is 4.98 Å². The summed E-state index contributed by atoms with van der Waals surface area (Å²) in [6.45, 7) is 0. The largest absolute Gasteiger partial charge is 0.310 e. The van der Waals surface area contributed by atoms with E-state index in [1.165, 1.54) is 19.3 Å². The number of aryl methyl sites for hydroxylation is 1. The topological polar surface area (TPSA) is 63.6 Å². The van der Waals surface area contributed by atoms with Crippen LogP contribution in [-0.4, -0.2) is 19.7 Å². The number of aromatic nitrogens is 4. The Bertz CT molecular complexity index is 592. The van der Waals surface area contributed by atoms with Crippen LogP contribution in [0, 0.1) is 0 Å². The summed E-state index contributed by atoms with van der Waals surface area (Å²) >= 11 is 0. The van der Waals surface area contributed by atoms with Gasteiger partial charge in [-0.2, -0.15) is 5.10 Å². The quantitative estimate of drug-likeness (QED) is 0.814. The molecule has 0 atom stereocenters. The van der Waals surface area contributed by atoms with E-state index in [9.17, 15) is 4.79 Å². The summed E-state index contributed by atoms with van der Waals surface area (Å²) in [5.74, 6) is 1.25. The molecule has 2 aromatic rings. The molecule has 1 fully saturated rings. The van der Waals surface area contributed by atoms with Crippen molar-refractivity contribution in [2.45, 2.75) is 38.0 Å². The Hall–Kier alpha value is -1.65. The van der Waals surface area contributed by atoms with Gasteiger partial charge in [-0.05, 0) is 12.8 Å². The number of H-pyrrole nitrogens is 1. The summed E-state index contributed by atoms with van der Waals surface area (Å²) in [4.78, 5) is 19.4. The first-order valence-electron chi connectivity index (χ1n) is 6.17. The normalized spacial score (nSPS) is 17.7. The first kappa shape index (κ1) is 10.5. The van der Waals surface area contributed by atoms with Gasteiger partial charge in [-0.25, -0.2) is 4.98 Å². The van der Waals surface area contributed by atoms with Crippen molar-refractivity contribution in [2.24, 2.45) is 7.05 Å². The van der Waals surface area contributed by atoms with Crippen molar-refractivity contribution in [3.05, 3.63) is 22.4 Å². The van der Waals surface area contributed by atoms with Gasteiger partial charge in [-0.3, -0.25) is 9.48 Å². The van der Waals surface area contributed by atoms with E-state index in [0.717, 1.165) is 18.7 Å². The maximum atomic E-state index is 11.9. The van der Waals surface area contributed by atoms with Gasteiger partial charge in [0.1, 0.15) is 11.2 Å². The number of nitrogens with zero attached hydrogens (tertiary/aromatic N) is 3. The second kappa shape index (κ2) is 3.98. The van der Waals surface area contributed by atoms with Crippen LogP contribution in [0.5, 0.6) is 0 Å². The highest BCUT2D eigenvalue weighted by Crippen LogP contribution is 2.30. The standard InChI is InChI=1S/C12H16N4O/c1-16-11-9(7-13-16)12(17)15-10(14-11)8-5-3-2-4-6-8/h7-8H,2-6H2,1H3,(H,14,15,17). The molecule has 0 spiro atoms. The number of fused-ring (bicyclic) bond motifs is 1. The molecule has 0 unspecified atom stereocenters. The third-order valence-electron chi connectivity index (χ3n) is 3.61. The number of rotatable bonds is 1. The van der Waals surface area contributed by atoms with Crippen molar-refractivity contribution in [1.29, 1.82) is 0 Å². The SMILES string of the molecule is Cn1ncc2c(=O)[nH]c(C3CCCCC3)nc21. The van der Waals surface area contributed by atoms with Gasteiger partial charge in [0.2, 0.25) is 0 Å². The van der Waals surface area contributed by atoms with E-state index in [1.54, 1.807) is 10.9 Å². The lowest BCUT2D eigenvalue weighted by Gasteiger charge is -2.20. The van der Waals surface area contributed by atoms with E-state index in [-0.39, 0.29) is 5.56 Å². The van der Waals surface area contributed by atoms with Gasteiger partial charge in [-0.1, -0.05) is 19.3 Å². The van der Waals surface area contributed by atoms with Crippen molar-refractivity contribution >= 4 is 11.0 Å². The van der Waals surface area contributed by atoms with Gasteiger partial charge >= 0.3 is 0 Å². The molecule has 3 rings (SSSR count). The average molecular weight is 232 g/mol. The lowest BCUT2D eigenvalue weighted by Crippen LogP contribution is -2.16. The summed E-state index contributed by atoms with van der Waals surface area (Å²) in [6, 6.07) is 0. The second-order valence-electron chi connectivity index (χ2n) is 4.79. The molecule has 90 valence electrons. The molecule has 0 radical (unpaired) electrons. The molecule has 17 heavy (non-hydrogen) atoms. The van der Waals surface area contributed by atoms with Crippen LogP contribution in [0.1, 0.15) is 43.8 Å². The van der Waals surface area contributed by atoms with Crippen molar-refractivity contribution < 1.29 is 0 Å². The lowest BCUT2D eigenvalue weighted by atomic mass is 9.89. The van der Waals surface area contributed by atoms with Crippen LogP contribution in [0.15, 0.2) is 11.0 Å². The van der Waals surface area contributed by atoms with Crippen molar-refractivity contribution in [3.63, 3.8) is 0 Å². The van der Waals surface area contributed by atoms with E-state index in [4.69, 9.17) is 0 Å². The van der Waals surface area contributed by atoms with Gasteiger partial charge in [0, 0.05) is 13.0 Å². The first-order valence-corrected chi connectivity index (χ1v) is 6.17. The van der Waals surface area contributed by atoms with Crippen LogP contribution in [0.2, 0.25) is 0 Å². The third kappa shape index (κ3) is 1.75. The minimum atomic E-state index is -0.0660. The average Bonchev–Trinajstić information content (AvgIpc) is 2.73. The molecule has 5 nitrogen and oxygen atoms in total. The zero-order valence-corrected chi connectivity index (χ0v) is 9.94. The molecule has 1 aliphatic rings. The molecule has 0 amide bonds. The Balaban J connectivity index is 2.10. The maximum Gasteiger partial charge on any atom is 0.262 e. The van der Waals surface area contributed by atoms with E-state index in [0.29, 0.717) is 17.0 Å². The van der Waals surface area contributed by atoms with Crippen LogP contribution in [0.4, 0.5) is 0 Å². The maximum absolute atomic E-state index is 11.9. The fourth-order valence-electron chi connectivity index (χ4n) is 2.62. The number of hydrogen-bond acceptors (Lipinski definition) is 3. The van der Waals surface area contributed by atoms with E-state index in [1.807, 2.05) is 7.05 Å². The highest BCUT2D eigenvalue weighted by Gasteiger charge is 2.19. The smallest absolute Gasteiger partial charge is 0.262 e. The summed E-state index contributed by atoms with van der Waals surface area (Å²) in [5.41, 5.74) is 0.623. The van der Waals surface area contributed by atoms with Crippen LogP contribution in [0.25, 0.3) is 11.0 Å². The first-order chi connectivity index (χ1) is 8.25. The van der Waals surface area contributed by atoms with Crippen molar-refractivity contribution in [3.8, 4) is 0 Å². The Labute approximate surface area is 98.9 Å². The minimum absolute atomic E-state index is 0.0660. The molecular formula is C12H16N4O. The Morgan fingerprint density at radius 3 is 2.88 bits per heavy atom. The zero-order valence-electron chi connectivity index (χ0n) is 9.94. The Morgan fingerprint density at radius 2 is 2.12 bits per heavy atom. The fraction of sp³-hybridized carbons (Fsp3) is 0.583. The van der Waals surface area contributed by atoms with Gasteiger partial charge in [0.15, 0.2) is 5.65 Å². The Kier molecular flexibility index (Phi) is 2.46. The fourth-order valence-corrected chi connectivity index (χ4v) is 2.62. The van der Waals surface area contributed by atoms with Crippen molar-refractivity contribution in [1.82, 2.24) is 19.7 Å². The molecule has 2 heterocycles. The van der Waals surface area contributed by atoms with E-state index in [2.05, 4.69) is 15.1 Å². The predicted molar refractivity (Wildman–Crippen MR) is 65.0 cm³/mol. The van der Waals surface area contributed by atoms with Crippen LogP contribution in [0.3, 0.4) is 0 Å². The molecule has 0 bridgehead atoms. The zero-order chi connectivity index (χ0) is 11.8.